The first-order valence-electron chi connectivity index (χ1n) is 9.14. The molecular weight excluding hydrogens is 414 g/mol. The van der Waals surface area contributed by atoms with E-state index in [1.54, 1.807) is 18.9 Å². The molecule has 1 aliphatic heterocycles. The maximum absolute atomic E-state index is 5.75. The van der Waals surface area contributed by atoms with Gasteiger partial charge in [-0.05, 0) is 12.1 Å². The fraction of sp³-hybridized carbons (Fsp3) is 0.450. The van der Waals surface area contributed by atoms with Crippen molar-refractivity contribution in [3.63, 3.8) is 0 Å². The summed E-state index contributed by atoms with van der Waals surface area (Å²) in [5, 5.41) is 0.182. The summed E-state index contributed by atoms with van der Waals surface area (Å²) in [5.41, 5.74) is 1.81. The van der Waals surface area contributed by atoms with Gasteiger partial charge in [-0.25, -0.2) is 0 Å². The van der Waals surface area contributed by atoms with Crippen LogP contribution in [-0.2, 0) is 28.4 Å². The van der Waals surface area contributed by atoms with Crippen LogP contribution in [0.3, 0.4) is 0 Å². The third kappa shape index (κ3) is 6.81. The second kappa shape index (κ2) is 12.7. The quantitative estimate of drug-likeness (QED) is 0.320. The fourth-order valence-corrected chi connectivity index (χ4v) is 3.65. The van der Waals surface area contributed by atoms with E-state index in [0.29, 0.717) is 11.5 Å². The van der Waals surface area contributed by atoms with Crippen LogP contribution in [0.25, 0.3) is 0 Å². The molecule has 0 spiro atoms. The van der Waals surface area contributed by atoms with Crippen molar-refractivity contribution in [3.8, 4) is 11.5 Å². The van der Waals surface area contributed by atoms with Crippen LogP contribution >= 0.6 is 11.8 Å². The summed E-state index contributed by atoms with van der Waals surface area (Å²) in [6, 6.07) is 3.72. The highest BCUT2D eigenvalue weighted by Gasteiger charge is 2.24. The standard InChI is InChI=1S/C20H25NO8S/c1-22-9-24-11-26-13-28-17-7-16-20(30-19-6-4-3-5-15(19)21-16)8-18(17)29-14-27-12-25-10-23-2/h3-8,19H,9-14H2,1-2H3. The lowest BCUT2D eigenvalue weighted by Crippen LogP contribution is -2.17. The molecule has 2 aliphatic rings. The zero-order valence-corrected chi connectivity index (χ0v) is 17.7. The Morgan fingerprint density at radius 3 is 2.10 bits per heavy atom. The van der Waals surface area contributed by atoms with Gasteiger partial charge in [-0.3, -0.25) is 4.99 Å². The molecule has 0 fully saturated rings. The molecule has 1 aromatic rings. The molecular formula is C20H25NO8S. The lowest BCUT2D eigenvalue weighted by Gasteiger charge is -2.23. The van der Waals surface area contributed by atoms with E-state index in [4.69, 9.17) is 42.9 Å². The minimum absolute atomic E-state index is 0.0120. The zero-order valence-electron chi connectivity index (χ0n) is 16.9. The van der Waals surface area contributed by atoms with Gasteiger partial charge in [0.2, 0.25) is 0 Å². The Morgan fingerprint density at radius 1 is 0.800 bits per heavy atom. The number of benzene rings is 1. The molecule has 164 valence electrons. The summed E-state index contributed by atoms with van der Waals surface area (Å²) in [6.07, 6.45) is 8.12. The first kappa shape index (κ1) is 22.8. The van der Waals surface area contributed by atoms with Gasteiger partial charge < -0.3 is 37.9 Å². The number of allylic oxidation sites excluding steroid dienone is 3. The number of thioether (sulfide) groups is 1. The van der Waals surface area contributed by atoms with Gasteiger partial charge in [0.15, 0.2) is 38.7 Å². The second-order valence-electron chi connectivity index (χ2n) is 5.98. The summed E-state index contributed by atoms with van der Waals surface area (Å²) in [6.45, 7) is 0.361. The molecule has 0 radical (unpaired) electrons. The number of methoxy groups -OCH3 is 2. The Kier molecular flexibility index (Phi) is 9.64. The molecule has 0 saturated heterocycles. The molecule has 1 atom stereocenters. The number of ether oxygens (including phenoxy) is 8. The summed E-state index contributed by atoms with van der Waals surface area (Å²) in [5.74, 6) is 1.00. The van der Waals surface area contributed by atoms with Crippen LogP contribution < -0.4 is 9.47 Å². The highest BCUT2D eigenvalue weighted by molar-refractivity contribution is 8.01. The monoisotopic (exact) mass is 439 g/mol. The van der Waals surface area contributed by atoms with Crippen LogP contribution in [0.4, 0.5) is 5.69 Å². The predicted molar refractivity (Wildman–Crippen MR) is 110 cm³/mol. The number of aliphatic imine (C=N–C) groups is 1. The topological polar surface area (TPSA) is 86.2 Å². The lowest BCUT2D eigenvalue weighted by atomic mass is 10.1. The highest BCUT2D eigenvalue weighted by Crippen LogP contribution is 2.45. The van der Waals surface area contributed by atoms with Gasteiger partial charge in [-0.1, -0.05) is 18.2 Å². The van der Waals surface area contributed by atoms with Crippen LogP contribution in [0, 0.1) is 0 Å². The Morgan fingerprint density at radius 2 is 1.43 bits per heavy atom. The van der Waals surface area contributed by atoms with Crippen molar-refractivity contribution in [3.05, 3.63) is 36.4 Å². The van der Waals surface area contributed by atoms with E-state index in [1.165, 1.54) is 7.11 Å². The number of hydrogen-bond acceptors (Lipinski definition) is 10. The minimum atomic E-state index is -0.0222. The van der Waals surface area contributed by atoms with Gasteiger partial charge >= 0.3 is 0 Å². The van der Waals surface area contributed by atoms with Crippen LogP contribution in [0.5, 0.6) is 11.5 Å². The fourth-order valence-electron chi connectivity index (χ4n) is 2.56. The SMILES string of the molecule is COCOCOCOc1cc2c(cc1OCOCOCOC)SC1C=CC=CC1=N2. The summed E-state index contributed by atoms with van der Waals surface area (Å²) < 4.78 is 41.8. The molecule has 0 aromatic heterocycles. The third-order valence-electron chi connectivity index (χ3n) is 3.82. The first-order valence-corrected chi connectivity index (χ1v) is 10.0. The average Bonchev–Trinajstić information content (AvgIpc) is 2.77. The molecule has 9 nitrogen and oxygen atoms in total. The van der Waals surface area contributed by atoms with E-state index in [0.717, 1.165) is 16.3 Å². The van der Waals surface area contributed by atoms with E-state index in [9.17, 15) is 0 Å². The van der Waals surface area contributed by atoms with Crippen molar-refractivity contribution >= 4 is 23.2 Å². The van der Waals surface area contributed by atoms with Crippen LogP contribution in [0.15, 0.2) is 46.3 Å². The van der Waals surface area contributed by atoms with Gasteiger partial charge in [0, 0.05) is 25.2 Å². The van der Waals surface area contributed by atoms with E-state index >= 15 is 0 Å². The second-order valence-corrected chi connectivity index (χ2v) is 7.16. The molecule has 0 N–H and O–H groups in total. The summed E-state index contributed by atoms with van der Waals surface area (Å²) in [7, 11) is 3.08. The van der Waals surface area contributed by atoms with E-state index in [1.807, 2.05) is 30.4 Å². The van der Waals surface area contributed by atoms with E-state index in [2.05, 4.69) is 6.08 Å². The number of nitrogens with zero attached hydrogens (tertiary/aromatic N) is 1. The van der Waals surface area contributed by atoms with Crippen molar-refractivity contribution in [2.75, 3.05) is 55.0 Å². The Bertz CT molecular complexity index is 767. The van der Waals surface area contributed by atoms with Crippen LogP contribution in [0.2, 0.25) is 0 Å². The summed E-state index contributed by atoms with van der Waals surface area (Å²) in [4.78, 5) is 5.73. The molecule has 10 heteroatoms. The molecule has 0 amide bonds. The van der Waals surface area contributed by atoms with Crippen molar-refractivity contribution in [1.29, 1.82) is 0 Å². The van der Waals surface area contributed by atoms with Gasteiger partial charge in [0.25, 0.3) is 0 Å². The molecule has 1 aromatic carbocycles. The lowest BCUT2D eigenvalue weighted by molar-refractivity contribution is -0.148. The largest absolute Gasteiger partial charge is 0.464 e. The van der Waals surface area contributed by atoms with Gasteiger partial charge in [0.05, 0.1) is 16.6 Å². The minimum Gasteiger partial charge on any atom is -0.464 e. The number of fused-ring (bicyclic) bond motifs is 2. The van der Waals surface area contributed by atoms with Crippen molar-refractivity contribution in [2.45, 2.75) is 10.1 Å². The highest BCUT2D eigenvalue weighted by atomic mass is 32.2. The smallest absolute Gasteiger partial charge is 0.191 e. The molecule has 1 heterocycles. The maximum atomic E-state index is 5.75. The predicted octanol–water partition coefficient (Wildman–Crippen LogP) is 3.22. The van der Waals surface area contributed by atoms with E-state index in [-0.39, 0.29) is 46.0 Å². The van der Waals surface area contributed by atoms with Gasteiger partial charge in [0.1, 0.15) is 13.6 Å². The summed E-state index contributed by atoms with van der Waals surface area (Å²) >= 11 is 1.70. The molecule has 1 aliphatic carbocycles. The van der Waals surface area contributed by atoms with Crippen LogP contribution in [0.1, 0.15) is 0 Å². The molecule has 0 saturated carbocycles. The van der Waals surface area contributed by atoms with Crippen LogP contribution in [-0.4, -0.2) is 65.9 Å². The molecule has 3 rings (SSSR count). The van der Waals surface area contributed by atoms with Crippen molar-refractivity contribution in [2.24, 2.45) is 4.99 Å². The van der Waals surface area contributed by atoms with Gasteiger partial charge in [-0.2, -0.15) is 0 Å². The van der Waals surface area contributed by atoms with Gasteiger partial charge in [-0.15, -0.1) is 11.8 Å². The number of rotatable bonds is 14. The Labute approximate surface area is 179 Å². The van der Waals surface area contributed by atoms with Crippen molar-refractivity contribution < 1.29 is 37.9 Å². The van der Waals surface area contributed by atoms with E-state index < -0.39 is 0 Å². The third-order valence-corrected chi connectivity index (χ3v) is 5.05. The molecule has 30 heavy (non-hydrogen) atoms. The Balaban J connectivity index is 1.65. The normalized spacial score (nSPS) is 16.7. The average molecular weight is 439 g/mol. The maximum Gasteiger partial charge on any atom is 0.191 e. The van der Waals surface area contributed by atoms with Crippen molar-refractivity contribution in [1.82, 2.24) is 0 Å². The first-order chi connectivity index (χ1) is 14.8. The Hall–Kier alpha value is -1.92. The molecule has 0 bridgehead atoms. The number of hydrogen-bond donors (Lipinski definition) is 0. The zero-order chi connectivity index (χ0) is 21.0. The molecule has 1 unspecified atom stereocenters.